The van der Waals surface area contributed by atoms with Gasteiger partial charge in [-0.2, -0.15) is 0 Å². The first-order valence-corrected chi connectivity index (χ1v) is 9.36. The molecule has 0 heterocycles. The van der Waals surface area contributed by atoms with Crippen molar-refractivity contribution in [3.63, 3.8) is 0 Å². The first-order chi connectivity index (χ1) is 13.2. The van der Waals surface area contributed by atoms with E-state index >= 15 is 0 Å². The highest BCUT2D eigenvalue weighted by atomic mass is 14.5. The topological polar surface area (TPSA) is 0 Å². The smallest absolute Gasteiger partial charge is 0.0713 e. The van der Waals surface area contributed by atoms with Crippen LogP contribution in [0.4, 0.5) is 0 Å². The predicted octanol–water partition coefficient (Wildman–Crippen LogP) is 7.19. The number of hydrogen-bond donors (Lipinski definition) is 0. The number of hydrogen-bond acceptors (Lipinski definition) is 0. The lowest BCUT2D eigenvalue weighted by Gasteiger charge is -2.35. The van der Waals surface area contributed by atoms with E-state index in [9.17, 15) is 0 Å². The quantitative estimate of drug-likeness (QED) is 0.484. The van der Waals surface area contributed by atoms with Crippen molar-refractivity contribution < 1.29 is 0 Å². The molecule has 2 aromatic carbocycles. The molecule has 1 unspecified atom stereocenters. The molecule has 3 rings (SSSR count). The van der Waals surface area contributed by atoms with Crippen molar-refractivity contribution in [1.29, 1.82) is 0 Å². The van der Waals surface area contributed by atoms with Crippen molar-refractivity contribution in [2.45, 2.75) is 19.3 Å². The van der Waals surface area contributed by atoms with Crippen molar-refractivity contribution in [3.8, 4) is 0 Å². The van der Waals surface area contributed by atoms with E-state index in [1.165, 1.54) is 27.8 Å². The lowest BCUT2D eigenvalue weighted by atomic mass is 9.66. The molecule has 0 nitrogen and oxygen atoms in total. The van der Waals surface area contributed by atoms with Crippen LogP contribution < -0.4 is 0 Å². The molecule has 0 N–H and O–H groups in total. The van der Waals surface area contributed by atoms with Gasteiger partial charge in [-0.15, -0.1) is 0 Å². The molecular weight excluding hydrogens is 324 g/mol. The fourth-order valence-corrected chi connectivity index (χ4v) is 4.17. The molecular formula is C27H26. The van der Waals surface area contributed by atoms with Crippen LogP contribution in [0.2, 0.25) is 0 Å². The summed E-state index contributed by atoms with van der Waals surface area (Å²) in [6, 6.07) is 19.3. The SMILES string of the molecule is C=CC1=C(/C=C\C)c2ccccc2C1(/C(C=C)=C/C=C\C)c1ccccc1. The van der Waals surface area contributed by atoms with Crippen LogP contribution in [-0.4, -0.2) is 0 Å². The molecule has 0 spiro atoms. The highest BCUT2D eigenvalue weighted by Crippen LogP contribution is 2.55. The van der Waals surface area contributed by atoms with E-state index in [-0.39, 0.29) is 0 Å². The van der Waals surface area contributed by atoms with Gasteiger partial charge in [0.1, 0.15) is 0 Å². The summed E-state index contributed by atoms with van der Waals surface area (Å²) < 4.78 is 0. The Hall–Kier alpha value is -3.12. The van der Waals surface area contributed by atoms with Gasteiger partial charge in [0, 0.05) is 0 Å². The highest BCUT2D eigenvalue weighted by molar-refractivity contribution is 5.92. The maximum absolute atomic E-state index is 4.20. The van der Waals surface area contributed by atoms with Crippen molar-refractivity contribution in [2.24, 2.45) is 0 Å². The standard InChI is InChI=1S/C27H26/c1-5-9-16-21(7-3)27(22-17-11-10-12-18-22)25(8-4)23(15-6-2)24-19-13-14-20-26(24)27/h5-20H,3-4H2,1-2H3/b9-5-,15-6-,21-16+. The molecule has 134 valence electrons. The molecule has 1 aliphatic rings. The molecule has 0 fully saturated rings. The normalized spacial score (nSPS) is 19.7. The Balaban J connectivity index is 2.53. The third kappa shape index (κ3) is 2.88. The Bertz CT molecular complexity index is 964. The van der Waals surface area contributed by atoms with Gasteiger partial charge in [0.15, 0.2) is 0 Å². The van der Waals surface area contributed by atoms with Crippen molar-refractivity contribution in [2.75, 3.05) is 0 Å². The Labute approximate surface area is 163 Å². The van der Waals surface area contributed by atoms with Crippen LogP contribution in [0.1, 0.15) is 30.5 Å². The third-order valence-electron chi connectivity index (χ3n) is 5.18. The first-order valence-electron chi connectivity index (χ1n) is 9.36. The van der Waals surface area contributed by atoms with Crippen LogP contribution in [0.3, 0.4) is 0 Å². The van der Waals surface area contributed by atoms with Gasteiger partial charge in [-0.05, 0) is 47.3 Å². The van der Waals surface area contributed by atoms with E-state index in [1.54, 1.807) is 0 Å². The molecule has 0 saturated carbocycles. The van der Waals surface area contributed by atoms with Crippen LogP contribution in [0.15, 0.2) is 121 Å². The molecule has 0 radical (unpaired) electrons. The summed E-state index contributed by atoms with van der Waals surface area (Å²) in [6.07, 6.45) is 14.6. The zero-order valence-corrected chi connectivity index (χ0v) is 16.2. The summed E-state index contributed by atoms with van der Waals surface area (Å²) in [5.41, 5.74) is 6.90. The van der Waals surface area contributed by atoms with Gasteiger partial charge in [0.2, 0.25) is 0 Å². The van der Waals surface area contributed by atoms with Gasteiger partial charge in [-0.25, -0.2) is 0 Å². The third-order valence-corrected chi connectivity index (χ3v) is 5.18. The second-order valence-electron chi connectivity index (χ2n) is 6.54. The molecule has 1 aliphatic carbocycles. The largest absolute Gasteiger partial charge is 0.0987 e. The fraction of sp³-hybridized carbons (Fsp3) is 0.111. The fourth-order valence-electron chi connectivity index (χ4n) is 4.17. The van der Waals surface area contributed by atoms with Crippen LogP contribution in [0.25, 0.3) is 5.57 Å². The Morgan fingerprint density at radius 1 is 0.889 bits per heavy atom. The van der Waals surface area contributed by atoms with Crippen LogP contribution in [0.5, 0.6) is 0 Å². The zero-order valence-electron chi connectivity index (χ0n) is 16.2. The minimum Gasteiger partial charge on any atom is -0.0987 e. The van der Waals surface area contributed by atoms with E-state index in [1.807, 2.05) is 25.2 Å². The van der Waals surface area contributed by atoms with E-state index in [0.717, 1.165) is 5.57 Å². The molecule has 0 aliphatic heterocycles. The van der Waals surface area contributed by atoms with Gasteiger partial charge >= 0.3 is 0 Å². The van der Waals surface area contributed by atoms with Gasteiger partial charge in [0.05, 0.1) is 5.41 Å². The molecule has 0 heteroatoms. The molecule has 2 aromatic rings. The van der Waals surface area contributed by atoms with Gasteiger partial charge < -0.3 is 0 Å². The minimum absolute atomic E-state index is 0.421. The van der Waals surface area contributed by atoms with Crippen molar-refractivity contribution in [1.82, 2.24) is 0 Å². The molecule has 0 saturated heterocycles. The highest BCUT2D eigenvalue weighted by Gasteiger charge is 2.46. The van der Waals surface area contributed by atoms with Gasteiger partial charge in [-0.1, -0.05) is 110 Å². The summed E-state index contributed by atoms with van der Waals surface area (Å²) in [4.78, 5) is 0. The van der Waals surface area contributed by atoms with E-state index in [4.69, 9.17) is 0 Å². The minimum atomic E-state index is -0.421. The predicted molar refractivity (Wildman–Crippen MR) is 119 cm³/mol. The Morgan fingerprint density at radius 3 is 2.22 bits per heavy atom. The van der Waals surface area contributed by atoms with E-state index < -0.39 is 5.41 Å². The summed E-state index contributed by atoms with van der Waals surface area (Å²) >= 11 is 0. The number of rotatable bonds is 6. The zero-order chi connectivity index (χ0) is 19.3. The second kappa shape index (κ2) is 8.05. The first kappa shape index (κ1) is 18.7. The van der Waals surface area contributed by atoms with E-state index in [0.29, 0.717) is 0 Å². The average Bonchev–Trinajstić information content (AvgIpc) is 3.00. The Morgan fingerprint density at radius 2 is 1.59 bits per heavy atom. The maximum atomic E-state index is 4.20. The molecule has 27 heavy (non-hydrogen) atoms. The van der Waals surface area contributed by atoms with Gasteiger partial charge in [-0.3, -0.25) is 0 Å². The number of allylic oxidation sites excluding steroid dienone is 10. The van der Waals surface area contributed by atoms with Crippen molar-refractivity contribution >= 4 is 5.57 Å². The summed E-state index contributed by atoms with van der Waals surface area (Å²) in [7, 11) is 0. The summed E-state index contributed by atoms with van der Waals surface area (Å²) in [6.45, 7) is 12.5. The van der Waals surface area contributed by atoms with Crippen LogP contribution >= 0.6 is 0 Å². The average molecular weight is 351 g/mol. The second-order valence-corrected chi connectivity index (χ2v) is 6.54. The molecule has 1 atom stereocenters. The summed E-state index contributed by atoms with van der Waals surface area (Å²) in [5.74, 6) is 0. The maximum Gasteiger partial charge on any atom is 0.0713 e. The monoisotopic (exact) mass is 350 g/mol. The van der Waals surface area contributed by atoms with Gasteiger partial charge in [0.25, 0.3) is 0 Å². The van der Waals surface area contributed by atoms with Crippen LogP contribution in [0, 0.1) is 0 Å². The molecule has 0 amide bonds. The molecule has 0 aromatic heterocycles. The van der Waals surface area contributed by atoms with E-state index in [2.05, 4.69) is 99.0 Å². The Kier molecular flexibility index (Phi) is 5.57. The molecule has 0 bridgehead atoms. The lowest BCUT2D eigenvalue weighted by molar-refractivity contribution is 0.761. The number of benzene rings is 2. The lowest BCUT2D eigenvalue weighted by Crippen LogP contribution is -2.29. The van der Waals surface area contributed by atoms with Crippen LogP contribution in [-0.2, 0) is 5.41 Å². The summed E-state index contributed by atoms with van der Waals surface area (Å²) in [5, 5.41) is 0. The number of fused-ring (bicyclic) bond motifs is 1. The van der Waals surface area contributed by atoms with Crippen molar-refractivity contribution in [3.05, 3.63) is 138 Å².